The van der Waals surface area contributed by atoms with E-state index in [4.69, 9.17) is 15.2 Å². The molecule has 4 unspecified atom stereocenters. The monoisotopic (exact) mass is 1130 g/mol. The number of nitrogens with zero attached hydrogens (tertiary/aromatic N) is 2. The predicted octanol–water partition coefficient (Wildman–Crippen LogP) is -2.34. The average molecular weight is 1130 g/mol. The Balaban J connectivity index is 1.84. The van der Waals surface area contributed by atoms with Crippen LogP contribution in [0.3, 0.4) is 0 Å². The Morgan fingerprint density at radius 1 is 0.812 bits per heavy atom. The number of piperidine rings is 1. The van der Waals surface area contributed by atoms with Crippen molar-refractivity contribution in [2.24, 2.45) is 17.6 Å². The standard InChI is InChI=1S/C54H79N9O17/c1-9-28(4)43-54(78)80-30(6)44(61-47(71)36(20-22-41(55)68)56-46(70)35(57-50(74)40(67)26-64)19-14-31-10-15-33(66)16-11-31)51(75)59-38(24-27(2)3)48(72)58-37-21-23-42(69)63(52(37)76)45(29(5)65)53(77)62(7)39(49(73)60-43)25-32-12-17-34(79-8)18-13-32/h10-13,15-18,27-30,35-40,42-45,64-67,69H,9,14,19-26H2,1-8H3,(H2,55,68)(H,56,70)(H,57,74)(H,58,72)(H,59,75)(H,60,73)(H,61,71)/t28?,29-,30+,35-,36-,37?,38?,39?,40-,42+,43-,44-,45+/m0/s1. The molecule has 2 aromatic carbocycles. The van der Waals surface area contributed by atoms with Crippen molar-refractivity contribution >= 4 is 59.1 Å². The van der Waals surface area contributed by atoms with Gasteiger partial charge in [-0.15, -0.1) is 0 Å². The summed E-state index contributed by atoms with van der Waals surface area (Å²) in [4.78, 5) is 143. The molecule has 2 aliphatic heterocycles. The fourth-order valence-electron chi connectivity index (χ4n) is 9.22. The van der Waals surface area contributed by atoms with Crippen LogP contribution in [0.4, 0.5) is 0 Å². The highest BCUT2D eigenvalue weighted by molar-refractivity contribution is 5.99. The summed E-state index contributed by atoms with van der Waals surface area (Å²) in [6.45, 7) is 8.20. The number of aliphatic hydroxyl groups excluding tert-OH is 4. The number of carbonyl (C=O) groups excluding carboxylic acids is 10. The first-order valence-electron chi connectivity index (χ1n) is 26.7. The van der Waals surface area contributed by atoms with Gasteiger partial charge in [-0.1, -0.05) is 58.4 Å². The molecule has 13 N–H and O–H groups in total. The Bertz CT molecular complexity index is 2500. The van der Waals surface area contributed by atoms with E-state index in [1.807, 2.05) is 0 Å². The minimum atomic E-state index is -1.95. The molecule has 80 heavy (non-hydrogen) atoms. The van der Waals surface area contributed by atoms with Crippen LogP contribution in [0.1, 0.15) is 97.6 Å². The Morgan fingerprint density at radius 2 is 1.43 bits per heavy atom. The first kappa shape index (κ1) is 65.1. The van der Waals surface area contributed by atoms with E-state index in [-0.39, 0.29) is 56.6 Å². The number of nitrogens with two attached hydrogens (primary N) is 1. The van der Waals surface area contributed by atoms with E-state index in [2.05, 4.69) is 31.9 Å². The van der Waals surface area contributed by atoms with E-state index in [9.17, 15) is 73.5 Å². The number of methoxy groups -OCH3 is 1. The summed E-state index contributed by atoms with van der Waals surface area (Å²) < 4.78 is 11.2. The summed E-state index contributed by atoms with van der Waals surface area (Å²) in [5.41, 5.74) is 6.58. The predicted molar refractivity (Wildman–Crippen MR) is 285 cm³/mol. The maximum atomic E-state index is 14.8. The van der Waals surface area contributed by atoms with Crippen LogP contribution in [-0.2, 0) is 65.5 Å². The fourth-order valence-corrected chi connectivity index (χ4v) is 9.22. The second-order valence-corrected chi connectivity index (χ2v) is 20.8. The molecule has 2 aliphatic rings. The van der Waals surface area contributed by atoms with Crippen molar-refractivity contribution in [2.45, 2.75) is 172 Å². The number of benzene rings is 2. The summed E-state index contributed by atoms with van der Waals surface area (Å²) in [5, 5.41) is 67.0. The van der Waals surface area contributed by atoms with Gasteiger partial charge >= 0.3 is 5.97 Å². The third kappa shape index (κ3) is 18.1. The number of hydrogen-bond donors (Lipinski definition) is 12. The van der Waals surface area contributed by atoms with Gasteiger partial charge in [0, 0.05) is 19.9 Å². The number of nitrogens with one attached hydrogen (secondary N) is 6. The Hall–Kier alpha value is -7.42. The number of aryl methyl sites for hydroxylation is 1. The number of esters is 1. The number of primary amides is 1. The highest BCUT2D eigenvalue weighted by Crippen LogP contribution is 2.26. The molecule has 0 radical (unpaired) electrons. The number of rotatable bonds is 21. The van der Waals surface area contributed by atoms with Crippen molar-refractivity contribution in [3.05, 3.63) is 59.7 Å². The minimum Gasteiger partial charge on any atom is -0.508 e. The molecule has 13 atom stereocenters. The quantitative estimate of drug-likeness (QED) is 0.0583. The van der Waals surface area contributed by atoms with Crippen molar-refractivity contribution in [1.82, 2.24) is 41.7 Å². The molecule has 4 rings (SSSR count). The number of phenols is 1. The van der Waals surface area contributed by atoms with Gasteiger partial charge in [0.1, 0.15) is 72.2 Å². The van der Waals surface area contributed by atoms with Gasteiger partial charge in [0.15, 0.2) is 6.10 Å². The van der Waals surface area contributed by atoms with E-state index < -0.39 is 157 Å². The van der Waals surface area contributed by atoms with Crippen LogP contribution in [0, 0.1) is 11.8 Å². The summed E-state index contributed by atoms with van der Waals surface area (Å²) in [6.07, 6.45) is -8.43. The van der Waals surface area contributed by atoms with E-state index >= 15 is 0 Å². The summed E-state index contributed by atoms with van der Waals surface area (Å²) >= 11 is 0. The smallest absolute Gasteiger partial charge is 0.329 e. The second-order valence-electron chi connectivity index (χ2n) is 20.8. The number of fused-ring (bicyclic) bond motifs is 2. The number of carbonyl (C=O) groups is 10. The topological polar surface area (TPSA) is 395 Å². The molecule has 9 amide bonds. The third-order valence-corrected chi connectivity index (χ3v) is 14.2. The maximum absolute atomic E-state index is 14.8. The Kier molecular flexibility index (Phi) is 24.6. The van der Waals surface area contributed by atoms with E-state index in [1.54, 1.807) is 64.1 Å². The molecular formula is C54H79N9O17. The zero-order valence-electron chi connectivity index (χ0n) is 46.4. The Morgan fingerprint density at radius 3 is 2.00 bits per heavy atom. The van der Waals surface area contributed by atoms with Gasteiger partial charge in [0.05, 0.1) is 19.8 Å². The summed E-state index contributed by atoms with van der Waals surface area (Å²) in [5.74, 6) is -10.9. The molecule has 2 saturated heterocycles. The van der Waals surface area contributed by atoms with Crippen molar-refractivity contribution in [2.75, 3.05) is 20.8 Å². The molecule has 2 aromatic rings. The molecule has 0 spiro atoms. The number of aliphatic hydroxyl groups is 4. The molecule has 442 valence electrons. The van der Waals surface area contributed by atoms with Gasteiger partial charge in [-0.05, 0) is 99.6 Å². The number of likely N-dealkylation sites (N-methyl/N-ethyl adjacent to an activating group) is 1. The fraction of sp³-hybridized carbons (Fsp3) is 0.593. The lowest BCUT2D eigenvalue weighted by molar-refractivity contribution is -0.170. The summed E-state index contributed by atoms with van der Waals surface area (Å²) in [7, 11) is 2.71. The first-order chi connectivity index (χ1) is 37.7. The molecule has 26 heteroatoms. The lowest BCUT2D eigenvalue weighted by Gasteiger charge is -2.43. The summed E-state index contributed by atoms with van der Waals surface area (Å²) in [6, 6.07) is -0.531. The molecule has 0 saturated carbocycles. The van der Waals surface area contributed by atoms with Gasteiger partial charge in [0.2, 0.25) is 47.3 Å². The number of cyclic esters (lactones) is 1. The van der Waals surface area contributed by atoms with Crippen molar-refractivity contribution in [1.29, 1.82) is 0 Å². The van der Waals surface area contributed by atoms with Crippen molar-refractivity contribution in [3.63, 3.8) is 0 Å². The van der Waals surface area contributed by atoms with E-state index in [0.29, 0.717) is 16.9 Å². The SMILES string of the molecule is CCC(C)[C@@H]1NC(=O)C(Cc2ccc(OC)cc2)N(C)C(=O)[C@@H]([C@H](C)O)N2C(=O)C(CC[C@H]2O)NC(=O)C(CC(C)C)NC(=O)[C@@H](NC(=O)[C@H](CCC(N)=O)NC(=O)[C@H](CCc2ccc(O)cc2)NC(=O)[C@@H](O)CO)[C@@H](C)OC1=O. The van der Waals surface area contributed by atoms with Crippen LogP contribution in [0.2, 0.25) is 0 Å². The normalized spacial score (nSPS) is 24.5. The molecule has 26 nitrogen and oxygen atoms in total. The molecule has 0 aromatic heterocycles. The number of ether oxygens (including phenoxy) is 2. The maximum Gasteiger partial charge on any atom is 0.329 e. The number of amides is 9. The lowest BCUT2D eigenvalue weighted by atomic mass is 9.95. The highest BCUT2D eigenvalue weighted by atomic mass is 16.5. The molecular weight excluding hydrogens is 1050 g/mol. The van der Waals surface area contributed by atoms with Gasteiger partial charge in [0.25, 0.3) is 5.91 Å². The Labute approximate surface area is 464 Å². The number of aromatic hydroxyl groups is 1. The second kappa shape index (κ2) is 30.2. The average Bonchev–Trinajstić information content (AvgIpc) is 3.43. The largest absolute Gasteiger partial charge is 0.508 e. The van der Waals surface area contributed by atoms with Crippen LogP contribution in [0.25, 0.3) is 0 Å². The van der Waals surface area contributed by atoms with E-state index in [0.717, 1.165) is 9.80 Å². The van der Waals surface area contributed by atoms with Crippen LogP contribution in [0.5, 0.6) is 11.5 Å². The van der Waals surface area contributed by atoms with Crippen LogP contribution in [-0.4, -0.2) is 188 Å². The number of phenolic OH excluding ortho intramolecular Hbond substituents is 1. The van der Waals surface area contributed by atoms with Crippen molar-refractivity contribution in [3.8, 4) is 11.5 Å². The van der Waals surface area contributed by atoms with Crippen LogP contribution in [0.15, 0.2) is 48.5 Å². The first-order valence-corrected chi connectivity index (χ1v) is 26.7. The van der Waals surface area contributed by atoms with Gasteiger partial charge < -0.3 is 82.4 Å². The zero-order valence-corrected chi connectivity index (χ0v) is 46.4. The third-order valence-electron chi connectivity index (χ3n) is 14.2. The lowest BCUT2D eigenvalue weighted by Crippen LogP contribution is -2.67. The van der Waals surface area contributed by atoms with E-state index in [1.165, 1.54) is 40.1 Å². The van der Waals surface area contributed by atoms with Crippen LogP contribution >= 0.6 is 0 Å². The molecule has 2 fully saturated rings. The number of hydrogen-bond acceptors (Lipinski definition) is 17. The van der Waals surface area contributed by atoms with Crippen molar-refractivity contribution < 1.29 is 83.0 Å². The minimum absolute atomic E-state index is 0.0452. The zero-order chi connectivity index (χ0) is 59.7. The van der Waals surface area contributed by atoms with Gasteiger partial charge in [-0.25, -0.2) is 4.79 Å². The molecule has 0 aliphatic carbocycles. The molecule has 2 bridgehead atoms. The highest BCUT2D eigenvalue weighted by Gasteiger charge is 2.47. The molecule has 2 heterocycles. The van der Waals surface area contributed by atoms with Gasteiger partial charge in [-0.2, -0.15) is 0 Å². The van der Waals surface area contributed by atoms with Gasteiger partial charge in [-0.3, -0.25) is 43.2 Å². The van der Waals surface area contributed by atoms with Crippen LogP contribution < -0.4 is 42.4 Å².